The van der Waals surface area contributed by atoms with E-state index in [1.54, 1.807) is 18.2 Å². The lowest BCUT2D eigenvalue weighted by atomic mass is 10.1. The molecule has 0 atom stereocenters. The molecule has 0 spiro atoms. The largest absolute Gasteiger partial charge is 0.508 e. The number of aromatic hydroxyl groups is 2. The van der Waals surface area contributed by atoms with Crippen LogP contribution in [-0.2, 0) is 6.54 Å². The summed E-state index contributed by atoms with van der Waals surface area (Å²) < 4.78 is 0. The van der Waals surface area contributed by atoms with Crippen molar-refractivity contribution in [3.05, 3.63) is 47.0 Å². The minimum absolute atomic E-state index is 0.217. The van der Waals surface area contributed by atoms with Crippen LogP contribution in [0.4, 0.5) is 11.4 Å². The van der Waals surface area contributed by atoms with Crippen molar-refractivity contribution in [2.45, 2.75) is 20.4 Å². The highest BCUT2D eigenvalue weighted by Gasteiger charge is 2.05. The lowest BCUT2D eigenvalue weighted by Crippen LogP contribution is -2.01. The number of hydrogen-bond acceptors (Lipinski definition) is 4. The molecule has 0 aliphatic heterocycles. The maximum absolute atomic E-state index is 9.73. The van der Waals surface area contributed by atoms with Crippen LogP contribution >= 0.6 is 0 Å². The Hall–Kier alpha value is -2.36. The van der Waals surface area contributed by atoms with Crippen molar-refractivity contribution in [3.63, 3.8) is 0 Å². The van der Waals surface area contributed by atoms with Crippen molar-refractivity contribution >= 4 is 11.4 Å². The van der Waals surface area contributed by atoms with E-state index >= 15 is 0 Å². The van der Waals surface area contributed by atoms with Gasteiger partial charge in [0.05, 0.1) is 0 Å². The average Bonchev–Trinajstić information content (AvgIpc) is 2.37. The van der Waals surface area contributed by atoms with E-state index in [0.717, 1.165) is 22.4 Å². The molecule has 0 saturated heterocycles. The zero-order valence-electron chi connectivity index (χ0n) is 11.1. The van der Waals surface area contributed by atoms with Crippen LogP contribution in [-0.4, -0.2) is 10.2 Å². The fraction of sp³-hybridized carbons (Fsp3) is 0.200. The molecule has 0 heterocycles. The third kappa shape index (κ3) is 2.91. The number of nitrogens with two attached hydrogens (primary N) is 1. The zero-order valence-corrected chi connectivity index (χ0v) is 11.1. The molecule has 0 aliphatic carbocycles. The second-order valence-corrected chi connectivity index (χ2v) is 4.70. The second-order valence-electron chi connectivity index (χ2n) is 4.70. The standard InChI is InChI=1S/C15H18N2O2/c1-9-5-13(6-10(2)15(9)19)17-8-11-7-12(16)3-4-14(11)18/h3-7,17-19H,8,16H2,1-2H3. The summed E-state index contributed by atoms with van der Waals surface area (Å²) >= 11 is 0. The van der Waals surface area contributed by atoms with Crippen LogP contribution in [0.1, 0.15) is 16.7 Å². The summed E-state index contributed by atoms with van der Waals surface area (Å²) in [4.78, 5) is 0. The lowest BCUT2D eigenvalue weighted by molar-refractivity contribution is 0.466. The molecule has 5 N–H and O–H groups in total. The molecule has 4 nitrogen and oxygen atoms in total. The highest BCUT2D eigenvalue weighted by molar-refractivity contribution is 5.56. The highest BCUT2D eigenvalue weighted by atomic mass is 16.3. The van der Waals surface area contributed by atoms with Gasteiger partial charge in [-0.3, -0.25) is 0 Å². The Balaban J connectivity index is 2.17. The minimum Gasteiger partial charge on any atom is -0.508 e. The molecule has 0 bridgehead atoms. The topological polar surface area (TPSA) is 78.5 Å². The maximum atomic E-state index is 9.73. The molecule has 0 saturated carbocycles. The summed E-state index contributed by atoms with van der Waals surface area (Å²) in [5.74, 6) is 0.534. The van der Waals surface area contributed by atoms with Crippen LogP contribution in [0.15, 0.2) is 30.3 Å². The number of phenols is 2. The number of benzene rings is 2. The van der Waals surface area contributed by atoms with E-state index in [4.69, 9.17) is 5.73 Å². The van der Waals surface area contributed by atoms with Crippen molar-refractivity contribution in [1.29, 1.82) is 0 Å². The van der Waals surface area contributed by atoms with Crippen LogP contribution in [0.2, 0.25) is 0 Å². The molecule has 2 aromatic carbocycles. The molecule has 2 rings (SSSR count). The first-order valence-electron chi connectivity index (χ1n) is 6.09. The molecule has 19 heavy (non-hydrogen) atoms. The van der Waals surface area contributed by atoms with Crippen molar-refractivity contribution < 1.29 is 10.2 Å². The summed E-state index contributed by atoms with van der Waals surface area (Å²) in [5, 5.41) is 22.7. The first kappa shape index (κ1) is 13.1. The number of aryl methyl sites for hydroxylation is 2. The number of nitrogens with one attached hydrogen (secondary N) is 1. The van der Waals surface area contributed by atoms with E-state index in [1.807, 2.05) is 26.0 Å². The summed E-state index contributed by atoms with van der Waals surface area (Å²) in [6.07, 6.45) is 0. The third-order valence-electron chi connectivity index (χ3n) is 3.08. The smallest absolute Gasteiger partial charge is 0.121 e. The van der Waals surface area contributed by atoms with E-state index in [2.05, 4.69) is 5.32 Å². The van der Waals surface area contributed by atoms with Crippen molar-refractivity contribution in [1.82, 2.24) is 0 Å². The van der Waals surface area contributed by atoms with Gasteiger partial charge in [0.15, 0.2) is 0 Å². The van der Waals surface area contributed by atoms with Gasteiger partial charge >= 0.3 is 0 Å². The third-order valence-corrected chi connectivity index (χ3v) is 3.08. The molecule has 0 unspecified atom stereocenters. The van der Waals surface area contributed by atoms with Gasteiger partial charge in [-0.05, 0) is 55.3 Å². The SMILES string of the molecule is Cc1cc(NCc2cc(N)ccc2O)cc(C)c1O. The average molecular weight is 258 g/mol. The molecule has 0 amide bonds. The summed E-state index contributed by atoms with van der Waals surface area (Å²) in [6.45, 7) is 4.18. The summed E-state index contributed by atoms with van der Waals surface area (Å²) in [6, 6.07) is 8.72. The second kappa shape index (κ2) is 5.10. The highest BCUT2D eigenvalue weighted by Crippen LogP contribution is 2.27. The quantitative estimate of drug-likeness (QED) is 0.504. The van der Waals surface area contributed by atoms with Crippen LogP contribution < -0.4 is 11.1 Å². The van der Waals surface area contributed by atoms with E-state index < -0.39 is 0 Å². The maximum Gasteiger partial charge on any atom is 0.121 e. The molecular weight excluding hydrogens is 240 g/mol. The normalized spacial score (nSPS) is 10.4. The predicted molar refractivity (Wildman–Crippen MR) is 77.4 cm³/mol. The molecule has 0 aromatic heterocycles. The number of hydrogen-bond donors (Lipinski definition) is 4. The number of anilines is 2. The van der Waals surface area contributed by atoms with E-state index in [-0.39, 0.29) is 5.75 Å². The van der Waals surface area contributed by atoms with Gasteiger partial charge in [-0.1, -0.05) is 0 Å². The number of phenolic OH excluding ortho intramolecular Hbond substituents is 2. The fourth-order valence-electron chi connectivity index (χ4n) is 2.00. The molecule has 0 radical (unpaired) electrons. The fourth-order valence-corrected chi connectivity index (χ4v) is 2.00. The monoisotopic (exact) mass is 258 g/mol. The minimum atomic E-state index is 0.217. The van der Waals surface area contributed by atoms with Gasteiger partial charge in [0, 0.05) is 23.5 Å². The Morgan fingerprint density at radius 3 is 2.32 bits per heavy atom. The molecule has 0 fully saturated rings. The Morgan fingerprint density at radius 1 is 1.05 bits per heavy atom. The Bertz CT molecular complexity index is 586. The van der Waals surface area contributed by atoms with Gasteiger partial charge < -0.3 is 21.3 Å². The first-order valence-corrected chi connectivity index (χ1v) is 6.09. The van der Waals surface area contributed by atoms with E-state index in [1.165, 1.54) is 0 Å². The number of rotatable bonds is 3. The van der Waals surface area contributed by atoms with Gasteiger partial charge in [0.25, 0.3) is 0 Å². The molecule has 4 heteroatoms. The van der Waals surface area contributed by atoms with Crippen LogP contribution in [0.25, 0.3) is 0 Å². The number of nitrogen functional groups attached to an aromatic ring is 1. The van der Waals surface area contributed by atoms with Crippen LogP contribution in [0.5, 0.6) is 11.5 Å². The lowest BCUT2D eigenvalue weighted by Gasteiger charge is -2.11. The van der Waals surface area contributed by atoms with Crippen molar-refractivity contribution in [2.75, 3.05) is 11.1 Å². The van der Waals surface area contributed by atoms with Gasteiger partial charge in [-0.2, -0.15) is 0 Å². The van der Waals surface area contributed by atoms with Gasteiger partial charge in [0.2, 0.25) is 0 Å². The Morgan fingerprint density at radius 2 is 1.68 bits per heavy atom. The molecule has 100 valence electrons. The van der Waals surface area contributed by atoms with Crippen molar-refractivity contribution in [3.8, 4) is 11.5 Å². The Labute approximate surface area is 112 Å². The Kier molecular flexibility index (Phi) is 3.51. The van der Waals surface area contributed by atoms with Crippen molar-refractivity contribution in [2.24, 2.45) is 0 Å². The first-order chi connectivity index (χ1) is 8.97. The van der Waals surface area contributed by atoms with Gasteiger partial charge in [0.1, 0.15) is 11.5 Å². The summed E-state index contributed by atoms with van der Waals surface area (Å²) in [7, 11) is 0. The summed E-state index contributed by atoms with van der Waals surface area (Å²) in [5.41, 5.74) is 9.59. The van der Waals surface area contributed by atoms with E-state index in [9.17, 15) is 10.2 Å². The molecular formula is C15H18N2O2. The predicted octanol–water partition coefficient (Wildman–Crippen LogP) is 2.91. The van der Waals surface area contributed by atoms with Crippen LogP contribution in [0, 0.1) is 13.8 Å². The molecule has 0 aliphatic rings. The van der Waals surface area contributed by atoms with Gasteiger partial charge in [-0.25, -0.2) is 0 Å². The zero-order chi connectivity index (χ0) is 14.0. The van der Waals surface area contributed by atoms with E-state index in [0.29, 0.717) is 18.0 Å². The van der Waals surface area contributed by atoms with Crippen LogP contribution in [0.3, 0.4) is 0 Å². The molecule has 2 aromatic rings. The van der Waals surface area contributed by atoms with Gasteiger partial charge in [-0.15, -0.1) is 0 Å².